The number of nitrogens with one attached hydrogen (secondary N) is 2. The van der Waals surface area contributed by atoms with Crippen molar-refractivity contribution in [1.82, 2.24) is 10.6 Å². The summed E-state index contributed by atoms with van der Waals surface area (Å²) in [5.74, 6) is 0.623. The van der Waals surface area contributed by atoms with Crippen molar-refractivity contribution in [2.45, 2.75) is 57.2 Å². The van der Waals surface area contributed by atoms with Crippen molar-refractivity contribution in [3.63, 3.8) is 0 Å². The molecule has 2 fully saturated rings. The van der Waals surface area contributed by atoms with E-state index in [1.807, 2.05) is 6.92 Å². The molecule has 2 bridgehead atoms. The monoisotopic (exact) mass is 226 g/mol. The van der Waals surface area contributed by atoms with Gasteiger partial charge in [-0.05, 0) is 38.5 Å². The van der Waals surface area contributed by atoms with Gasteiger partial charge in [-0.25, -0.2) is 0 Å². The summed E-state index contributed by atoms with van der Waals surface area (Å²) in [5.41, 5.74) is 0. The highest BCUT2D eigenvalue weighted by Gasteiger charge is 2.34. The molecule has 4 nitrogen and oxygen atoms in total. The van der Waals surface area contributed by atoms with Crippen LogP contribution in [0.1, 0.15) is 39.0 Å². The fraction of sp³-hybridized carbons (Fsp3) is 0.917. The summed E-state index contributed by atoms with van der Waals surface area (Å²) < 4.78 is 0. The van der Waals surface area contributed by atoms with E-state index >= 15 is 0 Å². The largest absolute Gasteiger partial charge is 0.394 e. The first-order chi connectivity index (χ1) is 7.67. The van der Waals surface area contributed by atoms with Crippen molar-refractivity contribution >= 4 is 5.91 Å². The fourth-order valence-corrected chi connectivity index (χ4v) is 2.98. The Morgan fingerprint density at radius 2 is 2.06 bits per heavy atom. The lowest BCUT2D eigenvalue weighted by atomic mass is 9.89. The van der Waals surface area contributed by atoms with Crippen LogP contribution >= 0.6 is 0 Å². The van der Waals surface area contributed by atoms with Crippen LogP contribution in [0.2, 0.25) is 0 Å². The molecule has 3 N–H and O–H groups in total. The maximum atomic E-state index is 11.7. The second-order valence-electron chi connectivity index (χ2n) is 5.33. The molecule has 1 amide bonds. The van der Waals surface area contributed by atoms with E-state index in [1.165, 1.54) is 12.8 Å². The first-order valence-electron chi connectivity index (χ1n) is 6.33. The van der Waals surface area contributed by atoms with Crippen molar-refractivity contribution in [2.75, 3.05) is 6.61 Å². The van der Waals surface area contributed by atoms with Crippen molar-refractivity contribution in [1.29, 1.82) is 0 Å². The fourth-order valence-electron chi connectivity index (χ4n) is 2.98. The van der Waals surface area contributed by atoms with Crippen molar-refractivity contribution in [2.24, 2.45) is 5.92 Å². The molecule has 0 aromatic rings. The summed E-state index contributed by atoms with van der Waals surface area (Å²) in [5, 5.41) is 15.3. The minimum absolute atomic E-state index is 0.0171. The summed E-state index contributed by atoms with van der Waals surface area (Å²) in [6.07, 6.45) is 5.44. The molecule has 0 radical (unpaired) electrons. The van der Waals surface area contributed by atoms with Crippen LogP contribution in [0.15, 0.2) is 0 Å². The first kappa shape index (κ1) is 11.9. The van der Waals surface area contributed by atoms with Gasteiger partial charge in [-0.15, -0.1) is 0 Å². The third-order valence-corrected chi connectivity index (χ3v) is 3.73. The Morgan fingerprint density at radius 3 is 2.62 bits per heavy atom. The predicted octanol–water partition coefficient (Wildman–Crippen LogP) is 0.404. The molecule has 2 saturated heterocycles. The third kappa shape index (κ3) is 2.95. The Labute approximate surface area is 96.8 Å². The van der Waals surface area contributed by atoms with Crippen LogP contribution < -0.4 is 10.6 Å². The smallest absolute Gasteiger partial charge is 0.220 e. The Hall–Kier alpha value is -0.610. The molecule has 2 aliphatic rings. The highest BCUT2D eigenvalue weighted by Crippen LogP contribution is 2.32. The number of rotatable bonds is 4. The lowest BCUT2D eigenvalue weighted by Gasteiger charge is -2.28. The van der Waals surface area contributed by atoms with E-state index in [1.54, 1.807) is 0 Å². The molecule has 2 aliphatic heterocycles. The molecule has 2 heterocycles. The van der Waals surface area contributed by atoms with Gasteiger partial charge in [-0.1, -0.05) is 0 Å². The molecule has 3 atom stereocenters. The van der Waals surface area contributed by atoms with Crippen molar-refractivity contribution < 1.29 is 9.90 Å². The number of hydrogen-bond acceptors (Lipinski definition) is 3. The van der Waals surface area contributed by atoms with Crippen LogP contribution in [0.4, 0.5) is 0 Å². The molecule has 92 valence electrons. The van der Waals surface area contributed by atoms with Crippen molar-refractivity contribution in [3.8, 4) is 0 Å². The van der Waals surface area contributed by atoms with Gasteiger partial charge >= 0.3 is 0 Å². The molecule has 0 spiro atoms. The molecule has 0 aromatic heterocycles. The van der Waals surface area contributed by atoms with Crippen LogP contribution in [-0.2, 0) is 4.79 Å². The molecule has 16 heavy (non-hydrogen) atoms. The molecular weight excluding hydrogens is 204 g/mol. The number of carbonyl (C=O) groups excluding carboxylic acids is 1. The average Bonchev–Trinajstić information content (AvgIpc) is 2.57. The average molecular weight is 226 g/mol. The quantitative estimate of drug-likeness (QED) is 0.650. The van der Waals surface area contributed by atoms with Crippen LogP contribution in [0.25, 0.3) is 0 Å². The third-order valence-electron chi connectivity index (χ3n) is 3.73. The highest BCUT2D eigenvalue weighted by molar-refractivity contribution is 5.76. The zero-order chi connectivity index (χ0) is 11.5. The van der Waals surface area contributed by atoms with Crippen LogP contribution in [0.5, 0.6) is 0 Å². The van der Waals surface area contributed by atoms with Gasteiger partial charge in [0.1, 0.15) is 0 Å². The minimum atomic E-state index is -0.120. The summed E-state index contributed by atoms with van der Waals surface area (Å²) in [7, 11) is 0. The number of piperidine rings is 1. The van der Waals surface area contributed by atoms with Gasteiger partial charge in [0, 0.05) is 24.5 Å². The lowest BCUT2D eigenvalue weighted by Crippen LogP contribution is -2.41. The Bertz CT molecular complexity index is 245. The minimum Gasteiger partial charge on any atom is -0.394 e. The van der Waals surface area contributed by atoms with Gasteiger partial charge in [0.25, 0.3) is 0 Å². The molecular formula is C12H22N2O2. The molecule has 3 unspecified atom stereocenters. The number of fused-ring (bicyclic) bond motifs is 2. The van der Waals surface area contributed by atoms with Crippen LogP contribution in [0.3, 0.4) is 0 Å². The van der Waals surface area contributed by atoms with Gasteiger partial charge in [0.2, 0.25) is 5.91 Å². The van der Waals surface area contributed by atoms with Gasteiger partial charge < -0.3 is 15.7 Å². The second-order valence-corrected chi connectivity index (χ2v) is 5.33. The van der Waals surface area contributed by atoms with E-state index < -0.39 is 0 Å². The second kappa shape index (κ2) is 5.15. The zero-order valence-electron chi connectivity index (χ0n) is 9.91. The number of aliphatic hydroxyl groups excluding tert-OH is 1. The number of hydrogen-bond donors (Lipinski definition) is 3. The van der Waals surface area contributed by atoms with Gasteiger partial charge in [0.15, 0.2) is 0 Å². The summed E-state index contributed by atoms with van der Waals surface area (Å²) in [4.78, 5) is 11.7. The Kier molecular flexibility index (Phi) is 3.82. The summed E-state index contributed by atoms with van der Waals surface area (Å²) in [6, 6.07) is 1.17. The highest BCUT2D eigenvalue weighted by atomic mass is 16.3. The predicted molar refractivity (Wildman–Crippen MR) is 62.0 cm³/mol. The first-order valence-corrected chi connectivity index (χ1v) is 6.33. The zero-order valence-corrected chi connectivity index (χ0v) is 9.91. The normalized spacial score (nSPS) is 34.8. The van der Waals surface area contributed by atoms with Crippen LogP contribution in [0, 0.1) is 5.92 Å². The molecule has 2 rings (SSSR count). The Morgan fingerprint density at radius 1 is 1.44 bits per heavy atom. The molecule has 0 aliphatic carbocycles. The van der Waals surface area contributed by atoms with E-state index in [0.717, 1.165) is 12.8 Å². The van der Waals surface area contributed by atoms with E-state index in [0.29, 0.717) is 24.4 Å². The van der Waals surface area contributed by atoms with Gasteiger partial charge in [0.05, 0.1) is 6.61 Å². The van der Waals surface area contributed by atoms with E-state index in [-0.39, 0.29) is 18.6 Å². The molecule has 4 heteroatoms. The van der Waals surface area contributed by atoms with E-state index in [4.69, 9.17) is 5.11 Å². The van der Waals surface area contributed by atoms with Gasteiger partial charge in [-0.2, -0.15) is 0 Å². The van der Waals surface area contributed by atoms with E-state index in [9.17, 15) is 4.79 Å². The van der Waals surface area contributed by atoms with Crippen molar-refractivity contribution in [3.05, 3.63) is 0 Å². The SMILES string of the molecule is CC(CO)NC(=O)CC1CC2CCC(C1)N2. The standard InChI is InChI=1S/C12H22N2O2/c1-8(7-15)13-12(16)6-9-4-10-2-3-11(5-9)14-10/h8-11,14-15H,2-7H2,1H3,(H,13,16). The number of carbonyl (C=O) groups is 1. The summed E-state index contributed by atoms with van der Waals surface area (Å²) >= 11 is 0. The lowest BCUT2D eigenvalue weighted by molar-refractivity contribution is -0.123. The van der Waals surface area contributed by atoms with E-state index in [2.05, 4.69) is 10.6 Å². The van der Waals surface area contributed by atoms with Crippen LogP contribution in [-0.4, -0.2) is 35.7 Å². The van der Waals surface area contributed by atoms with Gasteiger partial charge in [-0.3, -0.25) is 4.79 Å². The number of amides is 1. The topological polar surface area (TPSA) is 61.4 Å². The summed E-state index contributed by atoms with van der Waals surface area (Å²) in [6.45, 7) is 1.84. The molecule has 0 aromatic carbocycles. The maximum absolute atomic E-state index is 11.7. The molecule has 0 saturated carbocycles. The maximum Gasteiger partial charge on any atom is 0.220 e. The number of aliphatic hydroxyl groups is 1. The Balaban J connectivity index is 1.75.